The van der Waals surface area contributed by atoms with Gasteiger partial charge >= 0.3 is 0 Å². The molecule has 0 bridgehead atoms. The minimum atomic E-state index is -0.0194. The fourth-order valence-corrected chi connectivity index (χ4v) is 3.28. The summed E-state index contributed by atoms with van der Waals surface area (Å²) in [5.74, 6) is 2.32. The maximum Gasteiger partial charge on any atom is 0.222 e. The van der Waals surface area contributed by atoms with Crippen LogP contribution in [0.25, 0.3) is 0 Å². The van der Waals surface area contributed by atoms with Crippen LogP contribution in [0.3, 0.4) is 0 Å². The van der Waals surface area contributed by atoms with E-state index in [1.54, 1.807) is 26.7 Å². The second kappa shape index (κ2) is 6.43. The number of nitrogens with one attached hydrogen (secondary N) is 1. The number of methoxy groups -OCH3 is 2. The van der Waals surface area contributed by atoms with Crippen molar-refractivity contribution in [1.82, 2.24) is 19.7 Å². The first-order valence-electron chi connectivity index (χ1n) is 8.08. The van der Waals surface area contributed by atoms with Gasteiger partial charge in [-0.05, 0) is 36.2 Å². The molecule has 0 saturated carbocycles. The van der Waals surface area contributed by atoms with Crippen LogP contribution in [-0.4, -0.2) is 34.0 Å². The molecule has 0 unspecified atom stereocenters. The average molecular weight is 337 g/mol. The lowest BCUT2D eigenvalue weighted by Gasteiger charge is -2.32. The lowest BCUT2D eigenvalue weighted by atomic mass is 9.93. The first-order valence-corrected chi connectivity index (χ1v) is 8.08. The van der Waals surface area contributed by atoms with Crippen molar-refractivity contribution < 1.29 is 9.47 Å². The van der Waals surface area contributed by atoms with Gasteiger partial charge in [-0.2, -0.15) is 10.1 Å². The highest BCUT2D eigenvalue weighted by molar-refractivity contribution is 5.45. The Morgan fingerprint density at radius 1 is 1.20 bits per heavy atom. The van der Waals surface area contributed by atoms with E-state index in [2.05, 4.69) is 26.4 Å². The molecule has 1 aromatic carbocycles. The Bertz CT molecular complexity index is 865. The summed E-state index contributed by atoms with van der Waals surface area (Å²) in [5, 5.41) is 7.84. The highest BCUT2D eigenvalue weighted by Crippen LogP contribution is 2.41. The summed E-state index contributed by atoms with van der Waals surface area (Å²) in [4.78, 5) is 8.59. The van der Waals surface area contributed by atoms with E-state index in [4.69, 9.17) is 9.47 Å². The third-order valence-electron chi connectivity index (χ3n) is 4.51. The zero-order valence-electron chi connectivity index (χ0n) is 14.1. The van der Waals surface area contributed by atoms with Crippen molar-refractivity contribution in [3.05, 3.63) is 60.2 Å². The van der Waals surface area contributed by atoms with Crippen molar-refractivity contribution in [2.75, 3.05) is 19.5 Å². The van der Waals surface area contributed by atoms with E-state index in [1.165, 1.54) is 0 Å². The quantitative estimate of drug-likeness (QED) is 0.789. The van der Waals surface area contributed by atoms with Crippen LogP contribution >= 0.6 is 0 Å². The van der Waals surface area contributed by atoms with Gasteiger partial charge in [0.1, 0.15) is 17.8 Å². The Morgan fingerprint density at radius 3 is 2.88 bits per heavy atom. The Balaban J connectivity index is 1.79. The van der Waals surface area contributed by atoms with Crippen molar-refractivity contribution in [3.63, 3.8) is 0 Å². The van der Waals surface area contributed by atoms with Gasteiger partial charge in [0.2, 0.25) is 5.95 Å². The standard InChI is InChI=1S/C18H19N5O2/c1-24-13-5-6-17(25-2)14(8-13)16-9-15(12-4-3-7-19-10-12)22-18-20-11-21-23(16)18/h3-8,10-11,15-16H,9H2,1-2H3,(H,20,21,22)/t15-,16-/m1/s1. The number of anilines is 1. The largest absolute Gasteiger partial charge is 0.497 e. The molecule has 1 aliphatic rings. The zero-order valence-corrected chi connectivity index (χ0v) is 14.1. The molecule has 0 fully saturated rings. The number of benzene rings is 1. The van der Waals surface area contributed by atoms with Crippen molar-refractivity contribution in [1.29, 1.82) is 0 Å². The number of hydrogen-bond acceptors (Lipinski definition) is 6. The minimum Gasteiger partial charge on any atom is -0.497 e. The second-order valence-electron chi connectivity index (χ2n) is 5.87. The molecule has 0 radical (unpaired) electrons. The highest BCUT2D eigenvalue weighted by Gasteiger charge is 2.32. The summed E-state index contributed by atoms with van der Waals surface area (Å²) in [5.41, 5.74) is 2.13. The summed E-state index contributed by atoms with van der Waals surface area (Å²) in [6.07, 6.45) is 6.01. The third kappa shape index (κ3) is 2.77. The van der Waals surface area contributed by atoms with E-state index in [0.717, 1.165) is 35.0 Å². The number of ether oxygens (including phenoxy) is 2. The number of pyridine rings is 1. The minimum absolute atomic E-state index is 0.0194. The molecule has 2 aromatic heterocycles. The molecular formula is C18H19N5O2. The molecular weight excluding hydrogens is 318 g/mol. The molecule has 0 amide bonds. The van der Waals surface area contributed by atoms with Gasteiger partial charge in [-0.15, -0.1) is 0 Å². The second-order valence-corrected chi connectivity index (χ2v) is 5.87. The van der Waals surface area contributed by atoms with E-state index in [-0.39, 0.29) is 12.1 Å². The van der Waals surface area contributed by atoms with E-state index < -0.39 is 0 Å². The molecule has 0 spiro atoms. The molecule has 128 valence electrons. The number of aromatic nitrogens is 4. The number of rotatable bonds is 4. The van der Waals surface area contributed by atoms with E-state index in [1.807, 2.05) is 35.1 Å². The maximum absolute atomic E-state index is 5.58. The van der Waals surface area contributed by atoms with Gasteiger partial charge in [0.05, 0.1) is 26.3 Å². The molecule has 0 aliphatic carbocycles. The Labute approximate surface area is 145 Å². The van der Waals surface area contributed by atoms with Crippen LogP contribution in [-0.2, 0) is 0 Å². The van der Waals surface area contributed by atoms with Gasteiger partial charge in [-0.1, -0.05) is 6.07 Å². The van der Waals surface area contributed by atoms with Gasteiger partial charge in [0.15, 0.2) is 0 Å². The normalized spacial score (nSPS) is 19.0. The number of nitrogens with zero attached hydrogens (tertiary/aromatic N) is 4. The van der Waals surface area contributed by atoms with Gasteiger partial charge < -0.3 is 14.8 Å². The van der Waals surface area contributed by atoms with E-state index in [0.29, 0.717) is 0 Å². The molecule has 1 N–H and O–H groups in total. The summed E-state index contributed by atoms with van der Waals surface area (Å²) >= 11 is 0. The molecule has 25 heavy (non-hydrogen) atoms. The predicted octanol–water partition coefficient (Wildman–Crippen LogP) is 2.84. The van der Waals surface area contributed by atoms with Crippen LogP contribution in [0.2, 0.25) is 0 Å². The topological polar surface area (TPSA) is 74.1 Å². The fourth-order valence-electron chi connectivity index (χ4n) is 3.28. The van der Waals surface area contributed by atoms with Crippen molar-refractivity contribution in [2.24, 2.45) is 0 Å². The molecule has 7 heteroatoms. The summed E-state index contributed by atoms with van der Waals surface area (Å²) in [7, 11) is 3.33. The van der Waals surface area contributed by atoms with Gasteiger partial charge in [-0.3, -0.25) is 4.98 Å². The monoisotopic (exact) mass is 337 g/mol. The Kier molecular flexibility index (Phi) is 3.97. The smallest absolute Gasteiger partial charge is 0.222 e. The van der Waals surface area contributed by atoms with Gasteiger partial charge in [-0.25, -0.2) is 4.68 Å². The first kappa shape index (κ1) is 15.4. The van der Waals surface area contributed by atoms with Crippen molar-refractivity contribution >= 4 is 5.95 Å². The molecule has 2 atom stereocenters. The van der Waals surface area contributed by atoms with Crippen molar-refractivity contribution in [3.8, 4) is 11.5 Å². The van der Waals surface area contributed by atoms with Crippen LogP contribution in [0.15, 0.2) is 49.1 Å². The van der Waals surface area contributed by atoms with Crippen molar-refractivity contribution in [2.45, 2.75) is 18.5 Å². The van der Waals surface area contributed by atoms with Gasteiger partial charge in [0, 0.05) is 18.0 Å². The number of hydrogen-bond donors (Lipinski definition) is 1. The fraction of sp³-hybridized carbons (Fsp3) is 0.278. The van der Waals surface area contributed by atoms with Gasteiger partial charge in [0.25, 0.3) is 0 Å². The van der Waals surface area contributed by atoms with E-state index >= 15 is 0 Å². The lowest BCUT2D eigenvalue weighted by Crippen LogP contribution is -2.28. The predicted molar refractivity (Wildman–Crippen MR) is 92.9 cm³/mol. The van der Waals surface area contributed by atoms with E-state index in [9.17, 15) is 0 Å². The molecule has 7 nitrogen and oxygen atoms in total. The summed E-state index contributed by atoms with van der Waals surface area (Å²) < 4.78 is 12.9. The van der Waals surface area contributed by atoms with Crippen LogP contribution in [0, 0.1) is 0 Å². The third-order valence-corrected chi connectivity index (χ3v) is 4.51. The Morgan fingerprint density at radius 2 is 2.12 bits per heavy atom. The SMILES string of the molecule is COc1ccc(OC)c([C@H]2C[C@H](c3cccnc3)Nc3ncnn32)c1. The average Bonchev–Trinajstić information content (AvgIpc) is 3.16. The maximum atomic E-state index is 5.58. The van der Waals surface area contributed by atoms with Crippen LogP contribution in [0.1, 0.15) is 29.6 Å². The lowest BCUT2D eigenvalue weighted by molar-refractivity contribution is 0.373. The van der Waals surface area contributed by atoms with Crippen LogP contribution in [0.5, 0.6) is 11.5 Å². The molecule has 1 aliphatic heterocycles. The number of fused-ring (bicyclic) bond motifs is 1. The summed E-state index contributed by atoms with van der Waals surface area (Å²) in [6.45, 7) is 0. The zero-order chi connectivity index (χ0) is 17.2. The summed E-state index contributed by atoms with van der Waals surface area (Å²) in [6, 6.07) is 9.89. The molecule has 4 rings (SSSR count). The molecule has 3 heterocycles. The Hall–Kier alpha value is -3.09. The van der Waals surface area contributed by atoms with Crippen LogP contribution in [0.4, 0.5) is 5.95 Å². The highest BCUT2D eigenvalue weighted by atomic mass is 16.5. The molecule has 0 saturated heterocycles. The van der Waals surface area contributed by atoms with Crippen LogP contribution < -0.4 is 14.8 Å². The first-order chi connectivity index (χ1) is 12.3. The molecule has 3 aromatic rings.